The molecule has 0 atom stereocenters. The van der Waals surface area contributed by atoms with Gasteiger partial charge in [0.25, 0.3) is 0 Å². The van der Waals surface area contributed by atoms with Crippen LogP contribution in [-0.4, -0.2) is 31.4 Å². The number of alkyl halides is 3. The minimum atomic E-state index is -4.71. The van der Waals surface area contributed by atoms with Crippen molar-refractivity contribution in [2.75, 3.05) is 20.3 Å². The van der Waals surface area contributed by atoms with E-state index >= 15 is 0 Å². The molecule has 0 aliphatic carbocycles. The third-order valence-electron chi connectivity index (χ3n) is 2.29. The van der Waals surface area contributed by atoms with E-state index in [1.54, 1.807) is 0 Å². The lowest BCUT2D eigenvalue weighted by molar-refractivity contribution is -0.138. The number of benzene rings is 1. The first-order chi connectivity index (χ1) is 8.86. The highest BCUT2D eigenvalue weighted by atomic mass is 19.4. The molecule has 1 aromatic rings. The van der Waals surface area contributed by atoms with Crippen LogP contribution in [0.15, 0.2) is 18.2 Å². The highest BCUT2D eigenvalue weighted by Crippen LogP contribution is 2.33. The van der Waals surface area contributed by atoms with Gasteiger partial charge in [-0.25, -0.2) is 4.79 Å². The fourth-order valence-corrected chi connectivity index (χ4v) is 1.43. The van der Waals surface area contributed by atoms with E-state index in [1.807, 2.05) is 0 Å². The largest absolute Gasteiger partial charge is 0.493 e. The van der Waals surface area contributed by atoms with Crippen molar-refractivity contribution in [3.63, 3.8) is 0 Å². The molecule has 0 fully saturated rings. The standard InChI is InChI=1S/C12H13F3O4/c1-18-5-2-6-19-8-3-4-10(12(13,14)15)9(7-8)11(16)17/h3-4,7H,2,5-6H2,1H3,(H,16,17). The summed E-state index contributed by atoms with van der Waals surface area (Å²) in [5, 5.41) is 8.79. The molecule has 0 bridgehead atoms. The van der Waals surface area contributed by atoms with Crippen molar-refractivity contribution in [3.05, 3.63) is 29.3 Å². The SMILES string of the molecule is COCCCOc1ccc(C(F)(F)F)c(C(=O)O)c1. The maximum absolute atomic E-state index is 12.6. The fraction of sp³-hybridized carbons (Fsp3) is 0.417. The van der Waals surface area contributed by atoms with E-state index in [-0.39, 0.29) is 12.4 Å². The average Bonchev–Trinajstić information content (AvgIpc) is 2.33. The third kappa shape index (κ3) is 4.44. The van der Waals surface area contributed by atoms with Crippen LogP contribution in [0.5, 0.6) is 5.75 Å². The smallest absolute Gasteiger partial charge is 0.417 e. The quantitative estimate of drug-likeness (QED) is 0.813. The van der Waals surface area contributed by atoms with Crippen LogP contribution in [0.3, 0.4) is 0 Å². The Morgan fingerprint density at radius 1 is 1.32 bits per heavy atom. The zero-order valence-corrected chi connectivity index (χ0v) is 10.2. The number of carbonyl (C=O) groups is 1. The Kier molecular flexibility index (Phi) is 5.17. The summed E-state index contributed by atoms with van der Waals surface area (Å²) in [6.07, 6.45) is -4.15. The minimum Gasteiger partial charge on any atom is -0.493 e. The molecule has 7 heteroatoms. The summed E-state index contributed by atoms with van der Waals surface area (Å²) in [4.78, 5) is 10.8. The number of aromatic carboxylic acids is 1. The second kappa shape index (κ2) is 6.42. The monoisotopic (exact) mass is 278 g/mol. The molecule has 0 spiro atoms. The van der Waals surface area contributed by atoms with Crippen LogP contribution in [0.1, 0.15) is 22.3 Å². The van der Waals surface area contributed by atoms with E-state index in [2.05, 4.69) is 0 Å². The fourth-order valence-electron chi connectivity index (χ4n) is 1.43. The molecule has 0 aromatic heterocycles. The Morgan fingerprint density at radius 3 is 2.53 bits per heavy atom. The molecule has 4 nitrogen and oxygen atoms in total. The second-order valence-corrected chi connectivity index (χ2v) is 3.71. The van der Waals surface area contributed by atoms with Crippen molar-refractivity contribution in [2.24, 2.45) is 0 Å². The minimum absolute atomic E-state index is 0.0847. The molecule has 0 saturated carbocycles. The Bertz CT molecular complexity index is 443. The molecule has 106 valence electrons. The lowest BCUT2D eigenvalue weighted by atomic mass is 10.1. The highest BCUT2D eigenvalue weighted by Gasteiger charge is 2.35. The predicted octanol–water partition coefficient (Wildman–Crippen LogP) is 2.82. The van der Waals surface area contributed by atoms with E-state index in [4.69, 9.17) is 14.6 Å². The maximum Gasteiger partial charge on any atom is 0.417 e. The van der Waals surface area contributed by atoms with Crippen LogP contribution in [-0.2, 0) is 10.9 Å². The van der Waals surface area contributed by atoms with Crippen molar-refractivity contribution < 1.29 is 32.5 Å². The summed E-state index contributed by atoms with van der Waals surface area (Å²) in [6.45, 7) is 0.685. The van der Waals surface area contributed by atoms with Gasteiger partial charge in [-0.2, -0.15) is 13.2 Å². The van der Waals surface area contributed by atoms with Gasteiger partial charge in [-0.05, 0) is 18.2 Å². The number of methoxy groups -OCH3 is 1. The van der Waals surface area contributed by atoms with Gasteiger partial charge >= 0.3 is 12.1 Å². The van der Waals surface area contributed by atoms with Crippen molar-refractivity contribution in [2.45, 2.75) is 12.6 Å². The van der Waals surface area contributed by atoms with Crippen LogP contribution in [0, 0.1) is 0 Å². The topological polar surface area (TPSA) is 55.8 Å². The molecule has 1 rings (SSSR count). The highest BCUT2D eigenvalue weighted by molar-refractivity contribution is 5.90. The van der Waals surface area contributed by atoms with Crippen molar-refractivity contribution in [3.8, 4) is 5.75 Å². The zero-order valence-electron chi connectivity index (χ0n) is 10.2. The summed E-state index contributed by atoms with van der Waals surface area (Å²) in [5.74, 6) is -1.56. The van der Waals surface area contributed by atoms with Gasteiger partial charge < -0.3 is 14.6 Å². The van der Waals surface area contributed by atoms with Crippen molar-refractivity contribution in [1.82, 2.24) is 0 Å². The molecule has 0 unspecified atom stereocenters. The summed E-state index contributed by atoms with van der Waals surface area (Å²) >= 11 is 0. The Balaban J connectivity index is 2.88. The van der Waals surface area contributed by atoms with E-state index < -0.39 is 23.3 Å². The molecular weight excluding hydrogens is 265 g/mol. The molecule has 0 aliphatic heterocycles. The van der Waals surface area contributed by atoms with Crippen LogP contribution >= 0.6 is 0 Å². The summed E-state index contributed by atoms with van der Waals surface area (Å²) in [7, 11) is 1.51. The first-order valence-electron chi connectivity index (χ1n) is 5.42. The molecule has 0 saturated heterocycles. The molecule has 0 heterocycles. The van der Waals surface area contributed by atoms with Gasteiger partial charge in [-0.1, -0.05) is 0 Å². The van der Waals surface area contributed by atoms with Crippen LogP contribution in [0.4, 0.5) is 13.2 Å². The summed E-state index contributed by atoms with van der Waals surface area (Å²) < 4.78 is 47.7. The zero-order chi connectivity index (χ0) is 14.5. The summed E-state index contributed by atoms with van der Waals surface area (Å²) in [6, 6.07) is 2.68. The number of rotatable bonds is 6. The number of carboxylic acids is 1. The Hall–Kier alpha value is -1.76. The molecule has 0 amide bonds. The molecule has 0 aliphatic rings. The number of carboxylic acid groups (broad SMARTS) is 1. The van der Waals surface area contributed by atoms with Crippen LogP contribution in [0.2, 0.25) is 0 Å². The van der Waals surface area contributed by atoms with Gasteiger partial charge in [0.15, 0.2) is 0 Å². The first kappa shape index (κ1) is 15.3. The number of hydrogen-bond donors (Lipinski definition) is 1. The lowest BCUT2D eigenvalue weighted by Crippen LogP contribution is -2.13. The number of hydrogen-bond acceptors (Lipinski definition) is 3. The molecule has 1 aromatic carbocycles. The number of halogens is 3. The van der Waals surface area contributed by atoms with Gasteiger partial charge in [0.2, 0.25) is 0 Å². The van der Waals surface area contributed by atoms with Gasteiger partial charge in [-0.15, -0.1) is 0 Å². The van der Waals surface area contributed by atoms with E-state index in [1.165, 1.54) is 7.11 Å². The van der Waals surface area contributed by atoms with Gasteiger partial charge in [0, 0.05) is 20.1 Å². The Labute approximate surface area is 107 Å². The normalized spacial score (nSPS) is 11.4. The number of ether oxygens (including phenoxy) is 2. The van der Waals surface area contributed by atoms with Crippen LogP contribution < -0.4 is 4.74 Å². The molecule has 0 radical (unpaired) electrons. The lowest BCUT2D eigenvalue weighted by Gasteiger charge is -2.12. The predicted molar refractivity (Wildman–Crippen MR) is 60.4 cm³/mol. The first-order valence-corrected chi connectivity index (χ1v) is 5.42. The molecular formula is C12H13F3O4. The molecule has 1 N–H and O–H groups in total. The average molecular weight is 278 g/mol. The van der Waals surface area contributed by atoms with Crippen LogP contribution in [0.25, 0.3) is 0 Å². The summed E-state index contributed by atoms with van der Waals surface area (Å²) in [5.41, 5.74) is -2.01. The van der Waals surface area contributed by atoms with Crippen molar-refractivity contribution >= 4 is 5.97 Å². The maximum atomic E-state index is 12.6. The van der Waals surface area contributed by atoms with Gasteiger partial charge in [0.1, 0.15) is 5.75 Å². The van der Waals surface area contributed by atoms with E-state index in [0.717, 1.165) is 12.1 Å². The van der Waals surface area contributed by atoms with Gasteiger partial charge in [-0.3, -0.25) is 0 Å². The second-order valence-electron chi connectivity index (χ2n) is 3.71. The van der Waals surface area contributed by atoms with Gasteiger partial charge in [0.05, 0.1) is 17.7 Å². The van der Waals surface area contributed by atoms with Crippen molar-refractivity contribution in [1.29, 1.82) is 0 Å². The third-order valence-corrected chi connectivity index (χ3v) is 2.29. The van der Waals surface area contributed by atoms with E-state index in [9.17, 15) is 18.0 Å². The molecule has 19 heavy (non-hydrogen) atoms. The Morgan fingerprint density at radius 2 is 2.00 bits per heavy atom. The van der Waals surface area contributed by atoms with E-state index in [0.29, 0.717) is 19.1 Å².